The van der Waals surface area contributed by atoms with E-state index in [1.165, 1.54) is 0 Å². The van der Waals surface area contributed by atoms with E-state index in [4.69, 9.17) is 15.2 Å². The van der Waals surface area contributed by atoms with Crippen LogP contribution in [0, 0.1) is 0 Å². The SMILES string of the molecule is CSCC[C@H](N)C(=O)N(C)CC1COc2ccccc2O1. The highest BCUT2D eigenvalue weighted by Gasteiger charge is 2.25. The third kappa shape index (κ3) is 4.28. The Morgan fingerprint density at radius 1 is 1.48 bits per heavy atom. The summed E-state index contributed by atoms with van der Waals surface area (Å²) >= 11 is 1.69. The van der Waals surface area contributed by atoms with E-state index in [2.05, 4.69) is 0 Å². The Hall–Kier alpha value is -1.40. The minimum atomic E-state index is -0.445. The van der Waals surface area contributed by atoms with Gasteiger partial charge in [0.05, 0.1) is 12.6 Å². The van der Waals surface area contributed by atoms with Crippen LogP contribution in [0.25, 0.3) is 0 Å². The van der Waals surface area contributed by atoms with Crippen molar-refractivity contribution in [2.75, 3.05) is 32.2 Å². The number of amides is 1. The summed E-state index contributed by atoms with van der Waals surface area (Å²) in [6, 6.07) is 7.10. The lowest BCUT2D eigenvalue weighted by Crippen LogP contribution is -2.47. The van der Waals surface area contributed by atoms with Crippen LogP contribution in [0.15, 0.2) is 24.3 Å². The van der Waals surface area contributed by atoms with Gasteiger partial charge in [-0.15, -0.1) is 0 Å². The molecule has 0 saturated carbocycles. The highest BCUT2D eigenvalue weighted by molar-refractivity contribution is 7.98. The van der Waals surface area contributed by atoms with E-state index in [9.17, 15) is 4.79 Å². The van der Waals surface area contributed by atoms with E-state index in [1.807, 2.05) is 30.5 Å². The van der Waals surface area contributed by atoms with Gasteiger partial charge < -0.3 is 20.1 Å². The summed E-state index contributed by atoms with van der Waals surface area (Å²) in [6.45, 7) is 0.912. The Morgan fingerprint density at radius 2 is 2.19 bits per heavy atom. The first kappa shape index (κ1) is 16.0. The number of para-hydroxylation sites is 2. The molecule has 21 heavy (non-hydrogen) atoms. The van der Waals surface area contributed by atoms with Crippen molar-refractivity contribution in [1.29, 1.82) is 0 Å². The fourth-order valence-corrected chi connectivity index (χ4v) is 2.69. The van der Waals surface area contributed by atoms with Crippen LogP contribution in [0.5, 0.6) is 11.5 Å². The highest BCUT2D eigenvalue weighted by Crippen LogP contribution is 2.30. The summed E-state index contributed by atoms with van der Waals surface area (Å²) in [6.07, 6.45) is 2.53. The molecule has 1 aromatic carbocycles. The zero-order chi connectivity index (χ0) is 15.2. The molecule has 1 aromatic rings. The van der Waals surface area contributed by atoms with Crippen molar-refractivity contribution < 1.29 is 14.3 Å². The van der Waals surface area contributed by atoms with Gasteiger partial charge in [0.1, 0.15) is 6.61 Å². The molecule has 0 radical (unpaired) electrons. The molecule has 1 heterocycles. The predicted octanol–water partition coefficient (Wildman–Crippen LogP) is 1.37. The van der Waals surface area contributed by atoms with Gasteiger partial charge >= 0.3 is 0 Å². The monoisotopic (exact) mass is 310 g/mol. The molecule has 0 bridgehead atoms. The fourth-order valence-electron chi connectivity index (χ4n) is 2.20. The van der Waals surface area contributed by atoms with Gasteiger partial charge in [-0.1, -0.05) is 12.1 Å². The Bertz CT molecular complexity index is 484. The first-order valence-electron chi connectivity index (χ1n) is 6.99. The number of nitrogens with two attached hydrogens (primary N) is 1. The summed E-state index contributed by atoms with van der Waals surface area (Å²) in [5.41, 5.74) is 5.91. The number of carbonyl (C=O) groups is 1. The molecule has 2 atom stereocenters. The predicted molar refractivity (Wildman–Crippen MR) is 85.0 cm³/mol. The van der Waals surface area contributed by atoms with Crippen LogP contribution < -0.4 is 15.2 Å². The molecule has 0 fully saturated rings. The maximum atomic E-state index is 12.2. The van der Waals surface area contributed by atoms with Crippen molar-refractivity contribution in [1.82, 2.24) is 4.90 Å². The molecule has 1 aliphatic rings. The molecular weight excluding hydrogens is 288 g/mol. The summed E-state index contributed by atoms with van der Waals surface area (Å²) in [5, 5.41) is 0. The molecule has 2 rings (SSSR count). The van der Waals surface area contributed by atoms with Gasteiger partial charge in [-0.3, -0.25) is 4.79 Å². The van der Waals surface area contributed by atoms with Crippen LogP contribution in [-0.4, -0.2) is 55.2 Å². The van der Waals surface area contributed by atoms with Crippen molar-refractivity contribution in [2.45, 2.75) is 18.6 Å². The lowest BCUT2D eigenvalue weighted by atomic mass is 10.2. The summed E-state index contributed by atoms with van der Waals surface area (Å²) in [7, 11) is 1.76. The number of thioether (sulfide) groups is 1. The molecule has 6 heteroatoms. The van der Waals surface area contributed by atoms with Crippen LogP contribution in [-0.2, 0) is 4.79 Å². The van der Waals surface area contributed by atoms with Gasteiger partial charge in [0.25, 0.3) is 0 Å². The number of rotatable bonds is 6. The Balaban J connectivity index is 1.86. The van der Waals surface area contributed by atoms with Crippen LogP contribution in [0.4, 0.5) is 0 Å². The van der Waals surface area contributed by atoms with E-state index in [1.54, 1.807) is 23.7 Å². The molecule has 2 N–H and O–H groups in total. The normalized spacial score (nSPS) is 18.1. The minimum absolute atomic E-state index is 0.0495. The number of carbonyl (C=O) groups excluding carboxylic acids is 1. The van der Waals surface area contributed by atoms with Crippen molar-refractivity contribution in [3.05, 3.63) is 24.3 Å². The molecule has 1 aliphatic heterocycles. The number of fused-ring (bicyclic) bond motifs is 1. The van der Waals surface area contributed by atoms with Gasteiger partial charge in [0, 0.05) is 7.05 Å². The molecule has 0 aromatic heterocycles. The maximum Gasteiger partial charge on any atom is 0.239 e. The standard InChI is InChI=1S/C15H22N2O3S/c1-17(15(18)12(16)7-8-21-2)9-11-10-19-13-5-3-4-6-14(13)20-11/h3-6,11-12H,7-10,16H2,1-2H3/t11?,12-/m0/s1. The zero-order valence-electron chi connectivity index (χ0n) is 12.5. The van der Waals surface area contributed by atoms with E-state index >= 15 is 0 Å². The van der Waals surface area contributed by atoms with Crippen molar-refractivity contribution in [3.63, 3.8) is 0 Å². The Labute approximate surface area is 129 Å². The summed E-state index contributed by atoms with van der Waals surface area (Å²) < 4.78 is 11.5. The summed E-state index contributed by atoms with van der Waals surface area (Å²) in [5.74, 6) is 2.31. The first-order valence-corrected chi connectivity index (χ1v) is 8.39. The lowest BCUT2D eigenvalue weighted by molar-refractivity contribution is -0.132. The summed E-state index contributed by atoms with van der Waals surface area (Å²) in [4.78, 5) is 13.8. The van der Waals surface area contributed by atoms with E-state index in [-0.39, 0.29) is 12.0 Å². The molecule has 0 aliphatic carbocycles. The van der Waals surface area contributed by atoms with E-state index < -0.39 is 6.04 Å². The van der Waals surface area contributed by atoms with Gasteiger partial charge in [0.15, 0.2) is 17.6 Å². The quantitative estimate of drug-likeness (QED) is 0.859. The number of benzene rings is 1. The average molecular weight is 310 g/mol. The van der Waals surface area contributed by atoms with Crippen molar-refractivity contribution >= 4 is 17.7 Å². The van der Waals surface area contributed by atoms with Gasteiger partial charge in [0.2, 0.25) is 5.91 Å². The molecular formula is C15H22N2O3S. The Kier molecular flexibility index (Phi) is 5.76. The van der Waals surface area contributed by atoms with E-state index in [0.29, 0.717) is 19.6 Å². The third-order valence-corrected chi connectivity index (χ3v) is 4.02. The van der Waals surface area contributed by atoms with Crippen molar-refractivity contribution in [3.8, 4) is 11.5 Å². The largest absolute Gasteiger partial charge is 0.486 e. The smallest absolute Gasteiger partial charge is 0.239 e. The molecule has 0 spiro atoms. The molecule has 116 valence electrons. The number of hydrogen-bond donors (Lipinski definition) is 1. The van der Waals surface area contributed by atoms with Crippen LogP contribution in [0.3, 0.4) is 0 Å². The first-order chi connectivity index (χ1) is 10.1. The van der Waals surface area contributed by atoms with Gasteiger partial charge in [-0.05, 0) is 30.6 Å². The number of likely N-dealkylation sites (N-methyl/N-ethyl adjacent to an activating group) is 1. The van der Waals surface area contributed by atoms with Gasteiger partial charge in [-0.25, -0.2) is 0 Å². The lowest BCUT2D eigenvalue weighted by Gasteiger charge is -2.30. The topological polar surface area (TPSA) is 64.8 Å². The number of nitrogens with zero attached hydrogens (tertiary/aromatic N) is 1. The average Bonchev–Trinajstić information content (AvgIpc) is 2.51. The minimum Gasteiger partial charge on any atom is -0.486 e. The second kappa shape index (κ2) is 7.56. The molecule has 0 saturated heterocycles. The van der Waals surface area contributed by atoms with Crippen LogP contribution >= 0.6 is 11.8 Å². The second-order valence-corrected chi connectivity index (χ2v) is 6.09. The van der Waals surface area contributed by atoms with Gasteiger partial charge in [-0.2, -0.15) is 11.8 Å². The maximum absolute atomic E-state index is 12.2. The van der Waals surface area contributed by atoms with Crippen LogP contribution in [0.2, 0.25) is 0 Å². The second-order valence-electron chi connectivity index (χ2n) is 5.10. The molecule has 5 nitrogen and oxygen atoms in total. The third-order valence-electron chi connectivity index (χ3n) is 3.37. The van der Waals surface area contributed by atoms with Crippen LogP contribution in [0.1, 0.15) is 6.42 Å². The molecule has 1 unspecified atom stereocenters. The Morgan fingerprint density at radius 3 is 2.90 bits per heavy atom. The number of ether oxygens (including phenoxy) is 2. The fraction of sp³-hybridized carbons (Fsp3) is 0.533. The van der Waals surface area contributed by atoms with E-state index in [0.717, 1.165) is 17.3 Å². The molecule has 1 amide bonds. The highest BCUT2D eigenvalue weighted by atomic mass is 32.2. The zero-order valence-corrected chi connectivity index (χ0v) is 13.3. The number of hydrogen-bond acceptors (Lipinski definition) is 5. The van der Waals surface area contributed by atoms with Crippen molar-refractivity contribution in [2.24, 2.45) is 5.73 Å².